The van der Waals surface area contributed by atoms with Crippen molar-refractivity contribution in [3.8, 4) is 0 Å². The van der Waals surface area contributed by atoms with Crippen LogP contribution in [0.25, 0.3) is 0 Å². The molecule has 0 aliphatic heterocycles. The van der Waals surface area contributed by atoms with E-state index in [4.69, 9.17) is 0 Å². The van der Waals surface area contributed by atoms with Crippen molar-refractivity contribution in [2.45, 2.75) is 33.6 Å². The van der Waals surface area contributed by atoms with Gasteiger partial charge in [0.05, 0.1) is 0 Å². The van der Waals surface area contributed by atoms with Crippen LogP contribution in [-0.2, 0) is 23.5 Å². The first kappa shape index (κ1) is 20.0. The number of rotatable bonds is 0. The minimum Gasteiger partial charge on any atom is -0.344 e. The number of hydrogen-bond donors (Lipinski definition) is 0. The number of aryl methyl sites for hydroxylation is 2. The second-order valence-corrected chi connectivity index (χ2v) is 2.70. The number of nitrogens with zero attached hydrogens (tertiary/aromatic N) is 3. The van der Waals surface area contributed by atoms with Crippen LogP contribution in [0.1, 0.15) is 38.3 Å². The van der Waals surface area contributed by atoms with E-state index in [1.54, 1.807) is 4.68 Å². The molecule has 0 aromatic carbocycles. The van der Waals surface area contributed by atoms with Crippen molar-refractivity contribution >= 4 is 0 Å². The molecule has 0 bridgehead atoms. The molecule has 1 aromatic rings. The van der Waals surface area contributed by atoms with Crippen LogP contribution >= 0.6 is 0 Å². The van der Waals surface area contributed by atoms with Crippen LogP contribution in [0.15, 0.2) is 0 Å². The average Bonchev–Trinajstić information content (AvgIpc) is 2.32. The quantitative estimate of drug-likeness (QED) is 0.527. The summed E-state index contributed by atoms with van der Waals surface area (Å²) >= 11 is 0. The molecular formula is C11H22N3Ni. The number of hydrogen-bond acceptors (Lipinski definition) is 2. The molecule has 4 heteroatoms. The topological polar surface area (TPSA) is 30.7 Å². The molecule has 15 heavy (non-hydrogen) atoms. The summed E-state index contributed by atoms with van der Waals surface area (Å²) in [6.07, 6.45) is 2.00. The predicted molar refractivity (Wildman–Crippen MR) is 61.5 cm³/mol. The minimum atomic E-state index is 0. The third kappa shape index (κ3) is 13.5. The van der Waals surface area contributed by atoms with Gasteiger partial charge in [0.2, 0.25) is 0 Å². The molecule has 91 valence electrons. The van der Waals surface area contributed by atoms with Gasteiger partial charge in [0.1, 0.15) is 5.82 Å². The zero-order valence-corrected chi connectivity index (χ0v) is 11.2. The van der Waals surface area contributed by atoms with Crippen molar-refractivity contribution < 1.29 is 16.5 Å². The molecule has 0 amide bonds. The Kier molecular flexibility index (Phi) is 18.0. The van der Waals surface area contributed by atoms with Crippen LogP contribution in [0, 0.1) is 27.7 Å². The Hall–Kier alpha value is -0.496. The first-order chi connectivity index (χ1) is 6.53. The molecule has 0 saturated carbocycles. The molecule has 1 heterocycles. The Balaban J connectivity index is -0.000000177. The van der Waals surface area contributed by atoms with E-state index >= 15 is 0 Å². The maximum Gasteiger partial charge on any atom is 3.00 e. The van der Waals surface area contributed by atoms with Gasteiger partial charge in [-0.25, -0.2) is 4.98 Å². The molecule has 0 unspecified atom stereocenters. The monoisotopic (exact) mass is 254 g/mol. The fraction of sp³-hybridized carbons (Fsp3) is 0.545. The van der Waals surface area contributed by atoms with Crippen molar-refractivity contribution in [2.24, 2.45) is 7.05 Å². The first-order valence-electron chi connectivity index (χ1n) is 4.81. The van der Waals surface area contributed by atoms with Gasteiger partial charge in [-0.05, 0) is 6.92 Å². The third-order valence-electron chi connectivity index (χ3n) is 1.02. The van der Waals surface area contributed by atoms with E-state index in [1.165, 1.54) is 0 Å². The van der Waals surface area contributed by atoms with Crippen LogP contribution in [0.3, 0.4) is 0 Å². The van der Waals surface area contributed by atoms with Gasteiger partial charge < -0.3 is 20.8 Å². The largest absolute Gasteiger partial charge is 3.00 e. The Morgan fingerprint density at radius 1 is 1.20 bits per heavy atom. The normalized spacial score (nSPS) is 7.60. The zero-order chi connectivity index (χ0) is 11.6. The van der Waals surface area contributed by atoms with E-state index in [2.05, 4.69) is 30.9 Å². The van der Waals surface area contributed by atoms with Gasteiger partial charge in [-0.1, -0.05) is 13.8 Å². The SMILES string of the molecule is [CH2-]CC.[CH2-]CC.[CH2-]c1nc(C)n(C)n1.[Ni+3]. The van der Waals surface area contributed by atoms with Crippen molar-refractivity contribution in [1.29, 1.82) is 0 Å². The fourth-order valence-electron chi connectivity index (χ4n) is 0.527. The van der Waals surface area contributed by atoms with E-state index in [0.29, 0.717) is 5.82 Å². The summed E-state index contributed by atoms with van der Waals surface area (Å²) in [6.45, 7) is 16.4. The van der Waals surface area contributed by atoms with Crippen molar-refractivity contribution in [2.75, 3.05) is 0 Å². The Morgan fingerprint density at radius 2 is 1.53 bits per heavy atom. The van der Waals surface area contributed by atoms with Gasteiger partial charge >= 0.3 is 16.5 Å². The van der Waals surface area contributed by atoms with Gasteiger partial charge in [0.25, 0.3) is 0 Å². The first-order valence-corrected chi connectivity index (χ1v) is 4.81. The molecule has 0 spiro atoms. The fourth-order valence-corrected chi connectivity index (χ4v) is 0.527. The second kappa shape index (κ2) is 13.5. The molecule has 1 aromatic heterocycles. The molecule has 0 N–H and O–H groups in total. The minimum absolute atomic E-state index is 0. The van der Waals surface area contributed by atoms with E-state index in [9.17, 15) is 0 Å². The summed E-state index contributed by atoms with van der Waals surface area (Å²) in [4.78, 5) is 3.95. The average molecular weight is 255 g/mol. The van der Waals surface area contributed by atoms with E-state index in [-0.39, 0.29) is 16.5 Å². The summed E-state index contributed by atoms with van der Waals surface area (Å²) in [5, 5.41) is 3.91. The van der Waals surface area contributed by atoms with Crippen LogP contribution in [0.5, 0.6) is 0 Å². The van der Waals surface area contributed by atoms with Gasteiger partial charge in [-0.15, -0.1) is 0 Å². The van der Waals surface area contributed by atoms with E-state index < -0.39 is 0 Å². The second-order valence-electron chi connectivity index (χ2n) is 2.70. The summed E-state index contributed by atoms with van der Waals surface area (Å²) in [7, 11) is 1.84. The van der Waals surface area contributed by atoms with Gasteiger partial charge in [-0.3, -0.25) is 4.68 Å². The van der Waals surface area contributed by atoms with Crippen LogP contribution in [0.4, 0.5) is 0 Å². The van der Waals surface area contributed by atoms with Crippen molar-refractivity contribution in [1.82, 2.24) is 14.8 Å². The molecule has 0 aliphatic rings. The summed E-state index contributed by atoms with van der Waals surface area (Å²) in [6, 6.07) is 0. The molecule has 0 atom stereocenters. The Morgan fingerprint density at radius 3 is 1.60 bits per heavy atom. The molecule has 0 saturated heterocycles. The summed E-state index contributed by atoms with van der Waals surface area (Å²) < 4.78 is 1.70. The maximum absolute atomic E-state index is 3.95. The van der Waals surface area contributed by atoms with Crippen molar-refractivity contribution in [3.05, 3.63) is 32.4 Å². The molecule has 3 nitrogen and oxygen atoms in total. The van der Waals surface area contributed by atoms with E-state index in [1.807, 2.05) is 27.8 Å². The third-order valence-corrected chi connectivity index (χ3v) is 1.02. The molecule has 1 rings (SSSR count). The molecule has 1 radical (unpaired) electrons. The summed E-state index contributed by atoms with van der Waals surface area (Å²) in [5.41, 5.74) is 0. The van der Waals surface area contributed by atoms with Crippen LogP contribution in [-0.4, -0.2) is 14.8 Å². The predicted octanol–water partition coefficient (Wildman–Crippen LogP) is 2.76. The van der Waals surface area contributed by atoms with E-state index in [0.717, 1.165) is 18.7 Å². The van der Waals surface area contributed by atoms with Gasteiger partial charge in [-0.2, -0.15) is 17.9 Å². The van der Waals surface area contributed by atoms with Crippen LogP contribution in [0.2, 0.25) is 0 Å². The van der Waals surface area contributed by atoms with Crippen molar-refractivity contribution in [3.63, 3.8) is 0 Å². The molecule has 0 fully saturated rings. The zero-order valence-electron chi connectivity index (χ0n) is 10.2. The Bertz CT molecular complexity index is 200. The van der Waals surface area contributed by atoms with Crippen LogP contribution < -0.4 is 0 Å². The molecule has 0 aliphatic carbocycles. The molecular weight excluding hydrogens is 233 g/mol. The van der Waals surface area contributed by atoms with Gasteiger partial charge in [0.15, 0.2) is 0 Å². The standard InChI is InChI=1S/C5H8N3.2C3H7.Ni/c1-4-6-5(2)8(3)7-4;2*1-3-2;/h1H2,2-3H3;2*1,3H2,2H3;/q3*-1;+3. The Labute approximate surface area is 105 Å². The smallest absolute Gasteiger partial charge is 0.344 e. The number of aromatic nitrogens is 3. The summed E-state index contributed by atoms with van der Waals surface area (Å²) in [5.74, 6) is 1.49. The van der Waals surface area contributed by atoms with Gasteiger partial charge in [0, 0.05) is 12.9 Å². The maximum atomic E-state index is 3.95.